The van der Waals surface area contributed by atoms with Gasteiger partial charge in [-0.1, -0.05) is 24.3 Å². The number of aromatic amines is 1. The summed E-state index contributed by atoms with van der Waals surface area (Å²) in [7, 11) is 0. The number of halogens is 5. The number of rotatable bonds is 9. The molecule has 1 aliphatic rings. The van der Waals surface area contributed by atoms with Gasteiger partial charge in [-0.3, -0.25) is 9.78 Å². The molecule has 0 unspecified atom stereocenters. The lowest BCUT2D eigenvalue weighted by atomic mass is 9.85. The number of morpholine rings is 1. The van der Waals surface area contributed by atoms with E-state index in [0.717, 1.165) is 18.3 Å². The molecule has 0 saturated carbocycles. The van der Waals surface area contributed by atoms with Crippen molar-refractivity contribution in [2.75, 3.05) is 18.5 Å². The molecule has 13 heteroatoms. The number of H-pyrrole nitrogens is 1. The summed E-state index contributed by atoms with van der Waals surface area (Å²) >= 11 is 0. The molecule has 46 heavy (non-hydrogen) atoms. The second-order valence-electron chi connectivity index (χ2n) is 11.1. The Hall–Kier alpha value is -4.72. The Kier molecular flexibility index (Phi) is 9.06. The lowest BCUT2D eigenvalue weighted by Gasteiger charge is -2.29. The molecule has 0 aliphatic carbocycles. The SMILES string of the molecule is N[C@H](C(=O)Nc1cncc(F)c1CC[C@@H]1CN[C@H](c2nc3cc(F)c(F)cc3[nH]2)CO1)C(c1ccc(F)cc1)c1ccc(F)cc1. The average Bonchev–Trinajstić information content (AvgIpc) is 3.45. The molecule has 8 nitrogen and oxygen atoms in total. The van der Waals surface area contributed by atoms with Crippen LogP contribution in [0.15, 0.2) is 73.1 Å². The molecule has 5 N–H and O–H groups in total. The van der Waals surface area contributed by atoms with Crippen molar-refractivity contribution in [3.63, 3.8) is 0 Å². The molecule has 1 fully saturated rings. The minimum absolute atomic E-state index is 0.140. The summed E-state index contributed by atoms with van der Waals surface area (Å²) < 4.78 is 75.5. The van der Waals surface area contributed by atoms with Crippen LogP contribution in [0.25, 0.3) is 11.0 Å². The monoisotopic (exact) mass is 636 g/mol. The summed E-state index contributed by atoms with van der Waals surface area (Å²) in [5, 5.41) is 5.99. The third kappa shape index (κ3) is 6.76. The molecule has 2 aromatic heterocycles. The highest BCUT2D eigenvalue weighted by Crippen LogP contribution is 2.30. The van der Waals surface area contributed by atoms with Crippen LogP contribution in [0.5, 0.6) is 0 Å². The van der Waals surface area contributed by atoms with E-state index in [2.05, 4.69) is 25.6 Å². The van der Waals surface area contributed by atoms with Crippen LogP contribution >= 0.6 is 0 Å². The smallest absolute Gasteiger partial charge is 0.242 e. The number of pyridine rings is 1. The molecule has 0 spiro atoms. The number of hydrogen-bond acceptors (Lipinski definition) is 6. The molecule has 0 bridgehead atoms. The maximum absolute atomic E-state index is 15.0. The van der Waals surface area contributed by atoms with Gasteiger partial charge in [0.2, 0.25) is 5.91 Å². The summed E-state index contributed by atoms with van der Waals surface area (Å²) in [5.74, 6) is -4.45. The Labute approximate surface area is 260 Å². The molecule has 238 valence electrons. The first-order valence-electron chi connectivity index (χ1n) is 14.6. The van der Waals surface area contributed by atoms with Crippen LogP contribution in [0.4, 0.5) is 27.6 Å². The number of nitrogens with zero attached hydrogens (tertiary/aromatic N) is 2. The van der Waals surface area contributed by atoms with Gasteiger partial charge in [-0.05, 0) is 48.2 Å². The number of fused-ring (bicyclic) bond motifs is 1. The molecule has 6 rings (SSSR count). The third-order valence-corrected chi connectivity index (χ3v) is 8.06. The first kappa shape index (κ1) is 31.3. The number of amides is 1. The van der Waals surface area contributed by atoms with E-state index in [1.54, 1.807) is 0 Å². The Morgan fingerprint density at radius 1 is 0.935 bits per heavy atom. The first-order chi connectivity index (χ1) is 22.2. The number of hydrogen-bond donors (Lipinski definition) is 4. The van der Waals surface area contributed by atoms with Gasteiger partial charge in [-0.15, -0.1) is 0 Å². The minimum atomic E-state index is -1.21. The fourth-order valence-corrected chi connectivity index (χ4v) is 5.62. The van der Waals surface area contributed by atoms with Crippen molar-refractivity contribution in [2.45, 2.75) is 36.9 Å². The Morgan fingerprint density at radius 3 is 2.22 bits per heavy atom. The van der Waals surface area contributed by atoms with E-state index in [-0.39, 0.29) is 36.4 Å². The number of aromatic nitrogens is 3. The van der Waals surface area contributed by atoms with Gasteiger partial charge < -0.3 is 26.1 Å². The van der Waals surface area contributed by atoms with Crippen molar-refractivity contribution < 1.29 is 31.5 Å². The van der Waals surface area contributed by atoms with Crippen LogP contribution in [0, 0.1) is 29.1 Å². The molecular formula is C33H29F5N6O2. The predicted molar refractivity (Wildman–Crippen MR) is 160 cm³/mol. The molecule has 3 aromatic carbocycles. The largest absolute Gasteiger partial charge is 0.375 e. The van der Waals surface area contributed by atoms with Crippen molar-refractivity contribution in [1.82, 2.24) is 20.3 Å². The van der Waals surface area contributed by atoms with Gasteiger partial charge in [-0.25, -0.2) is 26.9 Å². The van der Waals surface area contributed by atoms with Gasteiger partial charge in [0, 0.05) is 30.2 Å². The Morgan fingerprint density at radius 2 is 1.59 bits per heavy atom. The van der Waals surface area contributed by atoms with E-state index in [0.29, 0.717) is 41.0 Å². The van der Waals surface area contributed by atoms with Crippen molar-refractivity contribution in [3.8, 4) is 0 Å². The summed E-state index contributed by atoms with van der Waals surface area (Å²) in [6.07, 6.45) is 2.65. The molecule has 3 heterocycles. The van der Waals surface area contributed by atoms with Crippen molar-refractivity contribution >= 4 is 22.6 Å². The van der Waals surface area contributed by atoms with E-state index in [9.17, 15) is 22.4 Å². The van der Waals surface area contributed by atoms with Crippen LogP contribution in [-0.4, -0.2) is 46.2 Å². The quantitative estimate of drug-likeness (QED) is 0.161. The van der Waals surface area contributed by atoms with Crippen LogP contribution in [-0.2, 0) is 16.0 Å². The lowest BCUT2D eigenvalue weighted by molar-refractivity contribution is -0.117. The minimum Gasteiger partial charge on any atom is -0.375 e. The number of carbonyl (C=O) groups is 1. The summed E-state index contributed by atoms with van der Waals surface area (Å²) in [4.78, 5) is 24.7. The Bertz CT molecular complexity index is 1760. The van der Waals surface area contributed by atoms with E-state index in [4.69, 9.17) is 10.5 Å². The molecule has 3 atom stereocenters. The summed E-state index contributed by atoms with van der Waals surface area (Å²) in [6, 6.07) is 11.5. The second kappa shape index (κ2) is 13.3. The lowest BCUT2D eigenvalue weighted by Crippen LogP contribution is -2.42. The third-order valence-electron chi connectivity index (χ3n) is 8.06. The zero-order valence-electron chi connectivity index (χ0n) is 24.2. The molecule has 1 aliphatic heterocycles. The number of nitrogens with one attached hydrogen (secondary N) is 3. The van der Waals surface area contributed by atoms with Gasteiger partial charge in [-0.2, -0.15) is 0 Å². The highest BCUT2D eigenvalue weighted by Gasteiger charge is 2.30. The molecule has 5 aromatic rings. The fourth-order valence-electron chi connectivity index (χ4n) is 5.62. The van der Waals surface area contributed by atoms with Crippen LogP contribution in [0.3, 0.4) is 0 Å². The van der Waals surface area contributed by atoms with Gasteiger partial charge in [0.05, 0.1) is 53.9 Å². The standard InChI is InChI=1S/C33H29F5N6O2/c34-19-5-1-17(2-6-19)30(18-3-7-20(35)8-4-18)31(39)33(45)44-28-15-40-14-25(38)22(28)10-9-21-13-41-29(16-46-21)32-42-26-11-23(36)24(37)12-27(26)43-32/h1-8,11-12,14-15,21,29-31,41H,9-10,13,16,39H2,(H,42,43)(H,44,45)/t21-,29+,31+/m1/s1. The summed E-state index contributed by atoms with van der Waals surface area (Å²) in [6.45, 7) is 0.599. The molecule has 1 saturated heterocycles. The number of anilines is 1. The number of nitrogens with two attached hydrogens (primary N) is 1. The van der Waals surface area contributed by atoms with Gasteiger partial charge in [0.15, 0.2) is 11.6 Å². The first-order valence-corrected chi connectivity index (χ1v) is 14.6. The number of imidazole rings is 1. The van der Waals surface area contributed by atoms with E-state index in [1.807, 2.05) is 0 Å². The van der Waals surface area contributed by atoms with Gasteiger partial charge in [0.25, 0.3) is 0 Å². The highest BCUT2D eigenvalue weighted by atomic mass is 19.2. The normalized spacial score (nSPS) is 17.4. The van der Waals surface area contributed by atoms with Crippen LogP contribution < -0.4 is 16.4 Å². The topological polar surface area (TPSA) is 118 Å². The van der Waals surface area contributed by atoms with Crippen molar-refractivity contribution in [3.05, 3.63) is 125 Å². The molecular weight excluding hydrogens is 607 g/mol. The van der Waals surface area contributed by atoms with E-state index < -0.39 is 47.0 Å². The molecule has 0 radical (unpaired) electrons. The Balaban J connectivity index is 1.12. The average molecular weight is 637 g/mol. The highest BCUT2D eigenvalue weighted by molar-refractivity contribution is 5.96. The van der Waals surface area contributed by atoms with Crippen molar-refractivity contribution in [2.24, 2.45) is 5.73 Å². The number of ether oxygens (including phenoxy) is 1. The maximum Gasteiger partial charge on any atom is 0.242 e. The van der Waals surface area contributed by atoms with E-state index in [1.165, 1.54) is 54.7 Å². The van der Waals surface area contributed by atoms with Crippen molar-refractivity contribution in [1.29, 1.82) is 0 Å². The zero-order valence-corrected chi connectivity index (χ0v) is 24.2. The summed E-state index contributed by atoms with van der Waals surface area (Å²) in [5.41, 5.74) is 8.52. The van der Waals surface area contributed by atoms with Gasteiger partial charge in [0.1, 0.15) is 23.3 Å². The van der Waals surface area contributed by atoms with E-state index >= 15 is 4.39 Å². The molecule has 1 amide bonds. The maximum atomic E-state index is 15.0. The van der Waals surface area contributed by atoms with Crippen LogP contribution in [0.2, 0.25) is 0 Å². The van der Waals surface area contributed by atoms with Gasteiger partial charge >= 0.3 is 0 Å². The predicted octanol–water partition coefficient (Wildman–Crippen LogP) is 5.41. The second-order valence-corrected chi connectivity index (χ2v) is 11.1. The zero-order chi connectivity index (χ0) is 32.4. The number of carbonyl (C=O) groups excluding carboxylic acids is 1. The fraction of sp³-hybridized carbons (Fsp3) is 0.242. The van der Waals surface area contributed by atoms with Crippen LogP contribution in [0.1, 0.15) is 40.9 Å². The number of benzene rings is 3.